The second-order valence-corrected chi connectivity index (χ2v) is 7.92. The van der Waals surface area contributed by atoms with Crippen molar-refractivity contribution in [2.75, 3.05) is 5.32 Å². The Morgan fingerprint density at radius 2 is 1.78 bits per heavy atom. The van der Waals surface area contributed by atoms with Gasteiger partial charge in [-0.05, 0) is 61.2 Å². The largest absolute Gasteiger partial charge is 0.478 e. The summed E-state index contributed by atoms with van der Waals surface area (Å²) in [4.78, 5) is 19.6. The molecule has 0 saturated carbocycles. The molecule has 0 saturated heterocycles. The number of alkyl halides is 3. The Balaban J connectivity index is 1.92. The van der Waals surface area contributed by atoms with Crippen LogP contribution < -0.4 is 5.32 Å². The lowest BCUT2D eigenvalue weighted by Gasteiger charge is -2.24. The fraction of sp³-hybridized carbons (Fsp3) is 0.261. The minimum absolute atomic E-state index is 0.144. The second-order valence-electron chi connectivity index (χ2n) is 7.48. The molecule has 1 unspecified atom stereocenters. The van der Waals surface area contributed by atoms with Crippen molar-refractivity contribution in [1.29, 1.82) is 0 Å². The third-order valence-corrected chi connectivity index (χ3v) is 5.23. The van der Waals surface area contributed by atoms with Gasteiger partial charge in [0.25, 0.3) is 0 Å². The van der Waals surface area contributed by atoms with Crippen molar-refractivity contribution in [1.82, 2.24) is 9.97 Å². The molecule has 0 amide bonds. The predicted octanol–water partition coefficient (Wildman–Crippen LogP) is 6.61. The van der Waals surface area contributed by atoms with Gasteiger partial charge in [-0.1, -0.05) is 23.7 Å². The number of carboxylic acid groups (broad SMARTS) is 1. The standard InChI is InChI=1S/C23H21ClF3N3O2/c1-13-9-15(21-28-11-16(24)12-29-21)3-5-18(13)20(7-8-23(25,26)27)30-17-4-6-19(22(31)32)14(2)10-17/h3-6,9-12,20,30H,7-8H2,1-2H3,(H,31,32). The van der Waals surface area contributed by atoms with E-state index in [1.165, 1.54) is 18.5 Å². The number of rotatable bonds is 7. The average molecular weight is 464 g/mol. The van der Waals surface area contributed by atoms with Crippen molar-refractivity contribution in [2.24, 2.45) is 0 Å². The van der Waals surface area contributed by atoms with Crippen LogP contribution in [0.3, 0.4) is 0 Å². The minimum atomic E-state index is -4.30. The van der Waals surface area contributed by atoms with Crippen LogP contribution in [0, 0.1) is 13.8 Å². The third kappa shape index (κ3) is 5.97. The number of hydrogen-bond acceptors (Lipinski definition) is 4. The highest BCUT2D eigenvalue weighted by atomic mass is 35.5. The van der Waals surface area contributed by atoms with Gasteiger partial charge in [-0.2, -0.15) is 13.2 Å². The fourth-order valence-electron chi connectivity index (χ4n) is 3.48. The zero-order valence-corrected chi connectivity index (χ0v) is 18.1. The van der Waals surface area contributed by atoms with Gasteiger partial charge in [0.1, 0.15) is 0 Å². The number of carboxylic acids is 1. The molecule has 0 aliphatic rings. The number of aryl methyl sites for hydroxylation is 2. The Labute approximate surface area is 188 Å². The Hall–Kier alpha value is -3.13. The maximum Gasteiger partial charge on any atom is 0.389 e. The molecule has 32 heavy (non-hydrogen) atoms. The molecule has 3 aromatic rings. The zero-order chi connectivity index (χ0) is 23.5. The van der Waals surface area contributed by atoms with Crippen LogP contribution in [0.4, 0.5) is 18.9 Å². The SMILES string of the molecule is Cc1cc(NC(CCC(F)(F)F)c2ccc(-c3ncc(Cl)cn3)cc2C)ccc1C(=O)O. The highest BCUT2D eigenvalue weighted by Crippen LogP contribution is 2.33. The van der Waals surface area contributed by atoms with E-state index in [9.17, 15) is 23.1 Å². The lowest BCUT2D eigenvalue weighted by atomic mass is 9.94. The number of benzene rings is 2. The van der Waals surface area contributed by atoms with E-state index in [-0.39, 0.29) is 12.0 Å². The Morgan fingerprint density at radius 1 is 1.09 bits per heavy atom. The molecule has 0 aliphatic carbocycles. The van der Waals surface area contributed by atoms with Gasteiger partial charge in [0.2, 0.25) is 0 Å². The van der Waals surface area contributed by atoms with Gasteiger partial charge < -0.3 is 10.4 Å². The molecular weight excluding hydrogens is 443 g/mol. The van der Waals surface area contributed by atoms with Crippen molar-refractivity contribution < 1.29 is 23.1 Å². The highest BCUT2D eigenvalue weighted by Gasteiger charge is 2.29. The van der Waals surface area contributed by atoms with Crippen LogP contribution in [-0.2, 0) is 0 Å². The van der Waals surface area contributed by atoms with Crippen LogP contribution in [0.15, 0.2) is 48.8 Å². The summed E-state index contributed by atoms with van der Waals surface area (Å²) in [7, 11) is 0. The molecule has 0 aliphatic heterocycles. The van der Waals surface area contributed by atoms with Gasteiger partial charge in [-0.25, -0.2) is 14.8 Å². The normalized spacial score (nSPS) is 12.4. The summed E-state index contributed by atoms with van der Waals surface area (Å²) in [5, 5.41) is 12.7. The molecule has 1 aromatic heterocycles. The highest BCUT2D eigenvalue weighted by molar-refractivity contribution is 6.30. The lowest BCUT2D eigenvalue weighted by Crippen LogP contribution is -2.17. The molecule has 0 bridgehead atoms. The monoisotopic (exact) mass is 463 g/mol. The number of halogens is 4. The summed E-state index contributed by atoms with van der Waals surface area (Å²) in [6.07, 6.45) is -2.49. The fourth-order valence-corrected chi connectivity index (χ4v) is 3.57. The first-order valence-electron chi connectivity index (χ1n) is 9.79. The van der Waals surface area contributed by atoms with Gasteiger partial charge in [0.05, 0.1) is 16.6 Å². The topological polar surface area (TPSA) is 75.1 Å². The van der Waals surface area contributed by atoms with E-state index >= 15 is 0 Å². The average Bonchev–Trinajstić information content (AvgIpc) is 2.71. The molecule has 2 N–H and O–H groups in total. The van der Waals surface area contributed by atoms with E-state index < -0.39 is 24.6 Å². The summed E-state index contributed by atoms with van der Waals surface area (Å²) in [6.45, 7) is 3.46. The molecule has 0 radical (unpaired) electrons. The maximum atomic E-state index is 13.0. The van der Waals surface area contributed by atoms with Crippen molar-refractivity contribution in [3.05, 3.63) is 76.1 Å². The molecule has 9 heteroatoms. The van der Waals surface area contributed by atoms with E-state index in [2.05, 4.69) is 15.3 Å². The summed E-state index contributed by atoms with van der Waals surface area (Å²) < 4.78 is 38.9. The minimum Gasteiger partial charge on any atom is -0.478 e. The van der Waals surface area contributed by atoms with Crippen LogP contribution in [-0.4, -0.2) is 27.2 Å². The molecule has 2 aromatic carbocycles. The Morgan fingerprint density at radius 3 is 2.34 bits per heavy atom. The van der Waals surface area contributed by atoms with Crippen LogP contribution in [0.2, 0.25) is 5.02 Å². The number of carbonyl (C=O) groups is 1. The summed E-state index contributed by atoms with van der Waals surface area (Å²) in [5.41, 5.74) is 3.41. The molecule has 168 valence electrons. The Bertz CT molecular complexity index is 1120. The molecule has 1 atom stereocenters. The van der Waals surface area contributed by atoms with Crippen molar-refractivity contribution in [3.8, 4) is 11.4 Å². The van der Waals surface area contributed by atoms with Gasteiger partial charge >= 0.3 is 12.1 Å². The van der Waals surface area contributed by atoms with E-state index in [1.54, 1.807) is 31.2 Å². The molecule has 5 nitrogen and oxygen atoms in total. The number of nitrogens with zero attached hydrogens (tertiary/aromatic N) is 2. The third-order valence-electron chi connectivity index (χ3n) is 5.04. The molecule has 0 spiro atoms. The van der Waals surface area contributed by atoms with Crippen molar-refractivity contribution in [2.45, 2.75) is 38.9 Å². The van der Waals surface area contributed by atoms with Crippen LogP contribution in [0.1, 0.15) is 45.9 Å². The van der Waals surface area contributed by atoms with Crippen molar-refractivity contribution in [3.63, 3.8) is 0 Å². The first kappa shape index (κ1) is 23.5. The van der Waals surface area contributed by atoms with Crippen LogP contribution in [0.25, 0.3) is 11.4 Å². The van der Waals surface area contributed by atoms with Gasteiger partial charge in [0, 0.05) is 30.1 Å². The summed E-state index contributed by atoms with van der Waals surface area (Å²) >= 11 is 5.83. The molecule has 3 rings (SSSR count). The lowest BCUT2D eigenvalue weighted by molar-refractivity contribution is -0.136. The summed E-state index contributed by atoms with van der Waals surface area (Å²) in [5.74, 6) is -0.595. The molecular formula is C23H21ClF3N3O2. The van der Waals surface area contributed by atoms with E-state index in [0.29, 0.717) is 27.7 Å². The maximum absolute atomic E-state index is 13.0. The van der Waals surface area contributed by atoms with E-state index in [1.807, 2.05) is 13.0 Å². The second kappa shape index (κ2) is 9.56. The number of aromatic nitrogens is 2. The first-order chi connectivity index (χ1) is 15.0. The number of anilines is 1. The molecule has 1 heterocycles. The van der Waals surface area contributed by atoms with Crippen LogP contribution in [0.5, 0.6) is 0 Å². The first-order valence-corrected chi connectivity index (χ1v) is 10.2. The van der Waals surface area contributed by atoms with Crippen molar-refractivity contribution >= 4 is 23.3 Å². The quantitative estimate of drug-likeness (QED) is 0.412. The number of hydrogen-bond donors (Lipinski definition) is 2. The smallest absolute Gasteiger partial charge is 0.389 e. The predicted molar refractivity (Wildman–Crippen MR) is 117 cm³/mol. The summed E-state index contributed by atoms with van der Waals surface area (Å²) in [6, 6.07) is 9.32. The Kier molecular flexibility index (Phi) is 7.03. The molecule has 0 fully saturated rings. The van der Waals surface area contributed by atoms with Gasteiger partial charge in [0.15, 0.2) is 5.82 Å². The van der Waals surface area contributed by atoms with Crippen LogP contribution >= 0.6 is 11.6 Å². The van der Waals surface area contributed by atoms with E-state index in [0.717, 1.165) is 11.1 Å². The van der Waals surface area contributed by atoms with Gasteiger partial charge in [-0.3, -0.25) is 0 Å². The zero-order valence-electron chi connectivity index (χ0n) is 17.4. The van der Waals surface area contributed by atoms with E-state index in [4.69, 9.17) is 11.6 Å². The van der Waals surface area contributed by atoms with Gasteiger partial charge in [-0.15, -0.1) is 0 Å². The number of aromatic carboxylic acids is 1. The number of nitrogens with one attached hydrogen (secondary N) is 1.